The van der Waals surface area contributed by atoms with Crippen molar-refractivity contribution >= 4 is 11.3 Å². The Morgan fingerprint density at radius 1 is 1.06 bits per heavy atom. The van der Waals surface area contributed by atoms with Crippen molar-refractivity contribution in [1.82, 2.24) is 9.80 Å². The van der Waals surface area contributed by atoms with Crippen LogP contribution in [0.4, 0.5) is 0 Å². The number of ether oxygens (including phenoxy) is 2. The molecule has 0 unspecified atom stereocenters. The van der Waals surface area contributed by atoms with E-state index in [1.165, 1.54) is 67.1 Å². The molecule has 0 saturated carbocycles. The van der Waals surface area contributed by atoms with E-state index < -0.39 is 0 Å². The Morgan fingerprint density at radius 3 is 2.58 bits per heavy atom. The van der Waals surface area contributed by atoms with E-state index in [0.717, 1.165) is 37.8 Å². The third-order valence-electron chi connectivity index (χ3n) is 6.76. The minimum absolute atomic E-state index is 0.347. The highest BCUT2D eigenvalue weighted by molar-refractivity contribution is 7.12. The number of likely N-dealkylation sites (tertiary alicyclic amines) is 1. The Hall–Kier alpha value is -1.40. The number of benzene rings is 1. The van der Waals surface area contributed by atoms with E-state index in [4.69, 9.17) is 9.47 Å². The SMILES string of the molecule is COc1ccc(CCN2CCC(CN(C)Cc3ccc([C@@H]4CCCCO4)s3)CC2)cc1. The van der Waals surface area contributed by atoms with Crippen LogP contribution >= 0.6 is 11.3 Å². The molecular weight excluding hydrogens is 404 g/mol. The molecule has 4 nitrogen and oxygen atoms in total. The quantitative estimate of drug-likeness (QED) is 0.520. The van der Waals surface area contributed by atoms with E-state index in [1.54, 1.807) is 7.11 Å². The van der Waals surface area contributed by atoms with Crippen LogP contribution in [0.25, 0.3) is 0 Å². The fourth-order valence-corrected chi connectivity index (χ4v) is 6.04. The second kappa shape index (κ2) is 11.5. The van der Waals surface area contributed by atoms with E-state index in [-0.39, 0.29) is 0 Å². The molecule has 2 aromatic rings. The van der Waals surface area contributed by atoms with Gasteiger partial charge in [-0.2, -0.15) is 0 Å². The summed E-state index contributed by atoms with van der Waals surface area (Å²) in [5.41, 5.74) is 1.40. The van der Waals surface area contributed by atoms with Crippen molar-refractivity contribution in [3.63, 3.8) is 0 Å². The molecule has 0 bridgehead atoms. The van der Waals surface area contributed by atoms with Gasteiger partial charge in [0, 0.05) is 36.0 Å². The van der Waals surface area contributed by atoms with Crippen LogP contribution < -0.4 is 4.74 Å². The largest absolute Gasteiger partial charge is 0.497 e. The van der Waals surface area contributed by atoms with Gasteiger partial charge in [0.2, 0.25) is 0 Å². The van der Waals surface area contributed by atoms with Crippen molar-refractivity contribution in [3.05, 3.63) is 51.7 Å². The molecule has 170 valence electrons. The first-order valence-corrected chi connectivity index (χ1v) is 12.8. The number of piperidine rings is 1. The molecule has 0 aliphatic carbocycles. The van der Waals surface area contributed by atoms with Crippen LogP contribution in [0.3, 0.4) is 0 Å². The van der Waals surface area contributed by atoms with Crippen LogP contribution in [-0.4, -0.2) is 56.7 Å². The zero-order chi connectivity index (χ0) is 21.5. The fourth-order valence-electron chi connectivity index (χ4n) is 4.86. The van der Waals surface area contributed by atoms with Crippen molar-refractivity contribution in [2.24, 2.45) is 5.92 Å². The van der Waals surface area contributed by atoms with Gasteiger partial charge in [-0.05, 0) is 94.4 Å². The van der Waals surface area contributed by atoms with Crippen LogP contribution in [0.2, 0.25) is 0 Å². The summed E-state index contributed by atoms with van der Waals surface area (Å²) < 4.78 is 11.2. The molecule has 2 aliphatic heterocycles. The third kappa shape index (κ3) is 6.79. The van der Waals surface area contributed by atoms with Gasteiger partial charge >= 0.3 is 0 Å². The number of methoxy groups -OCH3 is 1. The van der Waals surface area contributed by atoms with Crippen molar-refractivity contribution in [3.8, 4) is 5.75 Å². The summed E-state index contributed by atoms with van der Waals surface area (Å²) in [6.07, 6.45) is 7.82. The van der Waals surface area contributed by atoms with Gasteiger partial charge in [0.15, 0.2) is 0 Å². The maximum Gasteiger partial charge on any atom is 0.118 e. The van der Waals surface area contributed by atoms with Crippen LogP contribution in [0, 0.1) is 5.92 Å². The van der Waals surface area contributed by atoms with E-state index in [1.807, 2.05) is 11.3 Å². The molecule has 1 atom stereocenters. The molecule has 2 aliphatic rings. The Kier molecular flexibility index (Phi) is 8.42. The van der Waals surface area contributed by atoms with Crippen molar-refractivity contribution in [2.45, 2.75) is 51.2 Å². The number of rotatable bonds is 9. The van der Waals surface area contributed by atoms with E-state index in [9.17, 15) is 0 Å². The maximum absolute atomic E-state index is 5.96. The summed E-state index contributed by atoms with van der Waals surface area (Å²) >= 11 is 1.95. The molecule has 0 spiro atoms. The minimum Gasteiger partial charge on any atom is -0.497 e. The summed E-state index contributed by atoms with van der Waals surface area (Å²) in [5, 5.41) is 0. The summed E-state index contributed by atoms with van der Waals surface area (Å²) in [4.78, 5) is 8.06. The summed E-state index contributed by atoms with van der Waals surface area (Å²) in [5.74, 6) is 1.76. The third-order valence-corrected chi connectivity index (χ3v) is 7.92. The topological polar surface area (TPSA) is 24.9 Å². The number of nitrogens with zero attached hydrogens (tertiary/aromatic N) is 2. The lowest BCUT2D eigenvalue weighted by Crippen LogP contribution is -2.38. The van der Waals surface area contributed by atoms with Gasteiger partial charge in [-0.1, -0.05) is 12.1 Å². The normalized spacial score (nSPS) is 20.9. The van der Waals surface area contributed by atoms with Crippen LogP contribution in [-0.2, 0) is 17.7 Å². The van der Waals surface area contributed by atoms with Gasteiger partial charge in [-0.25, -0.2) is 0 Å². The fraction of sp³-hybridized carbons (Fsp3) is 0.615. The molecule has 4 rings (SSSR count). The first-order chi connectivity index (χ1) is 15.2. The monoisotopic (exact) mass is 442 g/mol. The van der Waals surface area contributed by atoms with Crippen molar-refractivity contribution in [2.75, 3.05) is 46.9 Å². The van der Waals surface area contributed by atoms with Gasteiger partial charge in [-0.15, -0.1) is 11.3 Å². The highest BCUT2D eigenvalue weighted by Crippen LogP contribution is 2.33. The Labute approximate surface area is 192 Å². The van der Waals surface area contributed by atoms with Gasteiger partial charge in [0.25, 0.3) is 0 Å². The number of hydrogen-bond donors (Lipinski definition) is 0. The average molecular weight is 443 g/mol. The second-order valence-corrected chi connectivity index (χ2v) is 10.4. The van der Waals surface area contributed by atoms with Gasteiger partial charge in [0.1, 0.15) is 5.75 Å². The molecular formula is C26H38N2O2S. The molecule has 0 N–H and O–H groups in total. The summed E-state index contributed by atoms with van der Waals surface area (Å²) in [6.45, 7) is 6.83. The number of hydrogen-bond acceptors (Lipinski definition) is 5. The van der Waals surface area contributed by atoms with Gasteiger partial charge < -0.3 is 19.3 Å². The second-order valence-electron chi connectivity index (χ2n) is 9.24. The predicted molar refractivity (Wildman–Crippen MR) is 129 cm³/mol. The zero-order valence-corrected chi connectivity index (χ0v) is 20.0. The van der Waals surface area contributed by atoms with Gasteiger partial charge in [-0.3, -0.25) is 0 Å². The first kappa shape index (κ1) is 22.8. The predicted octanol–water partition coefficient (Wildman–Crippen LogP) is 5.38. The molecule has 0 radical (unpaired) electrons. The maximum atomic E-state index is 5.96. The highest BCUT2D eigenvalue weighted by Gasteiger charge is 2.21. The Bertz CT molecular complexity index is 777. The molecule has 0 amide bonds. The lowest BCUT2D eigenvalue weighted by Gasteiger charge is -2.33. The molecule has 5 heteroatoms. The van der Waals surface area contributed by atoms with E-state index in [2.05, 4.69) is 53.2 Å². The molecule has 3 heterocycles. The highest BCUT2D eigenvalue weighted by atomic mass is 32.1. The molecule has 2 saturated heterocycles. The standard InChI is InChI=1S/C26H38N2O2S/c1-27(20-24-10-11-26(31-24)25-5-3-4-18-30-25)19-22-13-16-28(17-14-22)15-12-21-6-8-23(29-2)9-7-21/h6-11,22,25H,3-5,12-20H2,1-2H3/t25-/m0/s1. The van der Waals surface area contributed by atoms with Gasteiger partial charge in [0.05, 0.1) is 13.2 Å². The average Bonchev–Trinajstić information content (AvgIpc) is 3.28. The molecule has 1 aromatic heterocycles. The zero-order valence-electron chi connectivity index (χ0n) is 19.2. The first-order valence-electron chi connectivity index (χ1n) is 11.9. The van der Waals surface area contributed by atoms with Crippen LogP contribution in [0.1, 0.15) is 53.5 Å². The molecule has 31 heavy (non-hydrogen) atoms. The lowest BCUT2D eigenvalue weighted by molar-refractivity contribution is 0.0172. The van der Waals surface area contributed by atoms with Crippen molar-refractivity contribution in [1.29, 1.82) is 0 Å². The molecule has 2 fully saturated rings. The summed E-state index contributed by atoms with van der Waals surface area (Å²) in [7, 11) is 4.01. The Morgan fingerprint density at radius 2 is 1.87 bits per heavy atom. The minimum atomic E-state index is 0.347. The summed E-state index contributed by atoms with van der Waals surface area (Å²) in [6, 6.07) is 13.1. The molecule has 1 aromatic carbocycles. The van der Waals surface area contributed by atoms with E-state index >= 15 is 0 Å². The van der Waals surface area contributed by atoms with Crippen LogP contribution in [0.15, 0.2) is 36.4 Å². The van der Waals surface area contributed by atoms with E-state index in [0.29, 0.717) is 6.10 Å². The lowest BCUT2D eigenvalue weighted by atomic mass is 9.96. The Balaban J connectivity index is 1.15. The number of thiophene rings is 1. The van der Waals surface area contributed by atoms with Crippen LogP contribution in [0.5, 0.6) is 5.75 Å². The van der Waals surface area contributed by atoms with Crippen molar-refractivity contribution < 1.29 is 9.47 Å². The smallest absolute Gasteiger partial charge is 0.118 e.